The summed E-state index contributed by atoms with van der Waals surface area (Å²) in [4.78, 5) is 48.2. The molecule has 0 aliphatic carbocycles. The molecule has 9 aromatic heterocycles. The number of hydrogen-bond donors (Lipinski definition) is 3. The Morgan fingerprint density at radius 2 is 0.683 bits per heavy atom. The van der Waals surface area contributed by atoms with Gasteiger partial charge in [0, 0.05) is 158 Å². The number of furan rings is 3. The van der Waals surface area contributed by atoms with Gasteiger partial charge in [-0.1, -0.05) is 239 Å². The molecule has 0 spiro atoms. The van der Waals surface area contributed by atoms with Gasteiger partial charge in [0.1, 0.15) is 16.7 Å². The fraction of sp³-hybridized carbons (Fsp3) is 0.167. The first-order chi connectivity index (χ1) is 59.0. The standard InChI is InChI=1S/C33H22NOS.C31H26NOS.C29H22NOS.3C5H8O2.3Ir/c1-20-7-5-8-21(2)32(20)23-15-13-22(14-16-23)30-17-24-19-34-28(18-31(24)36-30)27-11-6-10-26-25-9-3-4-12-29(25)35-33(26)27;1-18(2)20-12-21(19(3)4)14-22(13-20)29-15-23-17-32-27(16-30(23)34-29)26-10-7-9-25-24-8-5-6-11-28(24)33-31(25)26;1-29(2,3)20-13-11-18(12-14-20)26-15-19-17-30-24(16-27(19)32-26)23-9-6-8-22-21-7-4-5-10-25(21)31-28(22)23;3*1-4(6)3-5(2)7;;;/h3-10,12-19H,1-2H3;5-9,11-19H,1-4H3;4-8,10-17H,1-3H3;3*3,6H,1-2H3;;;/q3*-1;;;;;;. The van der Waals surface area contributed by atoms with E-state index >= 15 is 0 Å². The number of allylic oxidation sites excluding steroid dienone is 6. The molecule has 0 bridgehead atoms. The molecule has 0 aliphatic rings. The van der Waals surface area contributed by atoms with E-state index in [4.69, 9.17) is 43.5 Å². The maximum absolute atomic E-state index is 10.0. The Bertz CT molecular complexity index is 7150. The van der Waals surface area contributed by atoms with Crippen molar-refractivity contribution in [3.8, 4) is 76.2 Å². The van der Waals surface area contributed by atoms with Crippen molar-refractivity contribution in [3.63, 3.8) is 0 Å². The Labute approximate surface area is 786 Å². The molecular weight excluding hydrogens is 2160 g/mol. The predicted molar refractivity (Wildman–Crippen MR) is 513 cm³/mol. The topological polar surface area (TPSA) is 190 Å². The zero-order valence-electron chi connectivity index (χ0n) is 72.4. The summed E-state index contributed by atoms with van der Waals surface area (Å²) in [6.45, 7) is 28.7. The second kappa shape index (κ2) is 41.8. The SMILES string of the molecule is CC(=O)C=C(C)O.CC(=O)C=C(C)O.CC(=O)C=C(C)O.CC(C)(C)c1ccc(-c2cc3cnc(-c4[c-]ccc5c4oc4ccccc45)cc3s2)cc1.CC(C)c1cc(-c2cc3cnc(-c4[c-]ccc5c4oc4ccccc45)cc3s2)cc(C(C)C)c1.Cc1cccc(C)c1-c1ccc(-c2cc3cnc(-c4[c-]ccc5c4oc4ccccc45)cc3s2)cc1.[Ir].[Ir].[Ir]. The molecule has 0 unspecified atom stereocenters. The maximum Gasteiger partial charge on any atom is 0.155 e. The molecule has 126 heavy (non-hydrogen) atoms. The predicted octanol–water partition coefficient (Wildman–Crippen LogP) is 30.9. The molecule has 19 rings (SSSR count). The second-order valence-corrected chi connectivity index (χ2v) is 35.5. The van der Waals surface area contributed by atoms with E-state index in [1.807, 2.05) is 103 Å². The third-order valence-electron chi connectivity index (χ3n) is 20.8. The Kier molecular flexibility index (Phi) is 31.5. The van der Waals surface area contributed by atoms with Crippen LogP contribution in [0.5, 0.6) is 0 Å². The van der Waals surface area contributed by atoms with Gasteiger partial charge < -0.3 is 43.5 Å². The molecule has 3 radical (unpaired) electrons. The zero-order valence-corrected chi connectivity index (χ0v) is 82.1. The fourth-order valence-electron chi connectivity index (χ4n) is 14.9. The molecule has 18 heteroatoms. The van der Waals surface area contributed by atoms with Crippen molar-refractivity contribution >= 4 is 147 Å². The molecule has 10 aromatic carbocycles. The Morgan fingerprint density at radius 3 is 0.984 bits per heavy atom. The van der Waals surface area contributed by atoms with Gasteiger partial charge >= 0.3 is 0 Å². The number of aliphatic hydroxyl groups is 3. The molecule has 0 fully saturated rings. The minimum Gasteiger partial charge on any atom is -0.512 e. The van der Waals surface area contributed by atoms with Gasteiger partial charge in [0.05, 0.1) is 34.0 Å². The first kappa shape index (κ1) is 95.2. The minimum absolute atomic E-state index is 0. The average molecular weight is 2250 g/mol. The van der Waals surface area contributed by atoms with Crippen LogP contribution in [-0.4, -0.2) is 47.6 Å². The summed E-state index contributed by atoms with van der Waals surface area (Å²) in [7, 11) is 0. The van der Waals surface area contributed by atoms with Crippen LogP contribution < -0.4 is 0 Å². The third kappa shape index (κ3) is 22.3. The Balaban J connectivity index is 0.000000163. The van der Waals surface area contributed by atoms with Crippen LogP contribution in [-0.2, 0) is 80.1 Å². The molecule has 0 atom stereocenters. The van der Waals surface area contributed by atoms with Crippen LogP contribution in [0, 0.1) is 32.0 Å². The molecule has 0 aliphatic heterocycles. The second-order valence-electron chi connectivity index (χ2n) is 32.3. The largest absolute Gasteiger partial charge is 0.512 e. The number of ketones is 3. The molecule has 19 aromatic rings. The van der Waals surface area contributed by atoms with Crippen molar-refractivity contribution in [1.82, 2.24) is 15.0 Å². The van der Waals surface area contributed by atoms with Gasteiger partial charge in [0.2, 0.25) is 0 Å². The number of aromatic nitrogens is 3. The van der Waals surface area contributed by atoms with E-state index in [1.165, 1.54) is 150 Å². The molecule has 9 heterocycles. The van der Waals surface area contributed by atoms with Gasteiger partial charge in [0.25, 0.3) is 0 Å². The molecule has 643 valence electrons. The van der Waals surface area contributed by atoms with E-state index < -0.39 is 0 Å². The zero-order chi connectivity index (χ0) is 87.1. The summed E-state index contributed by atoms with van der Waals surface area (Å²) in [6.07, 6.45) is 9.41. The Morgan fingerprint density at radius 1 is 0.373 bits per heavy atom. The van der Waals surface area contributed by atoms with Crippen LogP contribution in [0.25, 0.3) is 172 Å². The summed E-state index contributed by atoms with van der Waals surface area (Å²) < 4.78 is 22.3. The van der Waals surface area contributed by atoms with Crippen molar-refractivity contribution in [2.45, 2.75) is 121 Å². The summed E-state index contributed by atoms with van der Waals surface area (Å²) in [5.41, 5.74) is 23.8. The first-order valence-electron chi connectivity index (χ1n) is 40.7. The van der Waals surface area contributed by atoms with E-state index in [0.29, 0.717) is 11.8 Å². The van der Waals surface area contributed by atoms with Gasteiger partial charge in [-0.3, -0.25) is 14.4 Å². The molecule has 0 saturated heterocycles. The number of nitrogens with zero attached hydrogens (tertiary/aromatic N) is 3. The first-order valence-corrected chi connectivity index (χ1v) is 43.2. The van der Waals surface area contributed by atoms with Crippen molar-refractivity contribution in [1.29, 1.82) is 0 Å². The quantitative estimate of drug-likeness (QED) is 0.0597. The summed E-state index contributed by atoms with van der Waals surface area (Å²) in [5, 5.41) is 35.2. The number of aryl methyl sites for hydroxylation is 2. The number of thiophene rings is 3. The molecule has 12 nitrogen and oxygen atoms in total. The van der Waals surface area contributed by atoms with Gasteiger partial charge in [-0.2, -0.15) is 0 Å². The van der Waals surface area contributed by atoms with Gasteiger partial charge in [-0.05, 0) is 182 Å². The maximum atomic E-state index is 10.0. The van der Waals surface area contributed by atoms with Crippen molar-refractivity contribution in [3.05, 3.63) is 331 Å². The van der Waals surface area contributed by atoms with Crippen molar-refractivity contribution in [2.24, 2.45) is 0 Å². The van der Waals surface area contributed by atoms with E-state index in [2.05, 4.69) is 238 Å². The van der Waals surface area contributed by atoms with E-state index in [-0.39, 0.29) is 100 Å². The fourth-order valence-corrected chi connectivity index (χ4v) is 18.1. The van der Waals surface area contributed by atoms with Crippen LogP contribution in [0.4, 0.5) is 0 Å². The number of fused-ring (bicyclic) bond motifs is 12. The van der Waals surface area contributed by atoms with Crippen LogP contribution in [0.1, 0.15) is 130 Å². The summed E-state index contributed by atoms with van der Waals surface area (Å²) >= 11 is 5.42. The van der Waals surface area contributed by atoms with E-state index in [1.54, 1.807) is 22.7 Å². The number of rotatable bonds is 12. The van der Waals surface area contributed by atoms with Crippen molar-refractivity contribution < 1.29 is 103 Å². The minimum atomic E-state index is -0.125. The average Bonchev–Trinajstić information content (AvgIpc) is 1.61. The summed E-state index contributed by atoms with van der Waals surface area (Å²) in [5.74, 6) is 0.812. The monoisotopic (exact) mass is 2250 g/mol. The smallest absolute Gasteiger partial charge is 0.155 e. The van der Waals surface area contributed by atoms with Gasteiger partial charge in [-0.25, -0.2) is 0 Å². The molecule has 0 amide bonds. The van der Waals surface area contributed by atoms with Crippen LogP contribution in [0.15, 0.2) is 298 Å². The number of benzene rings is 10. The molecule has 3 N–H and O–H groups in total. The van der Waals surface area contributed by atoms with Crippen molar-refractivity contribution in [2.75, 3.05) is 0 Å². The van der Waals surface area contributed by atoms with E-state index in [0.717, 1.165) is 110 Å². The number of aliphatic hydroxyl groups excluding tert-OH is 3. The number of hydrogen-bond acceptors (Lipinski definition) is 15. The van der Waals surface area contributed by atoms with Gasteiger partial charge in [-0.15, -0.1) is 88.6 Å². The van der Waals surface area contributed by atoms with Crippen LogP contribution >= 0.6 is 34.0 Å². The molecule has 0 saturated carbocycles. The number of para-hydroxylation sites is 3. The summed E-state index contributed by atoms with van der Waals surface area (Å²) in [6, 6.07) is 91.2. The van der Waals surface area contributed by atoms with E-state index in [9.17, 15) is 14.4 Å². The van der Waals surface area contributed by atoms with Crippen LogP contribution in [0.2, 0.25) is 0 Å². The normalized spacial score (nSPS) is 11.6. The molecular formula is C108H94Ir3N3O9S3-3. The number of pyridine rings is 3. The van der Waals surface area contributed by atoms with Gasteiger partial charge in [0.15, 0.2) is 17.3 Å². The Hall–Kier alpha value is -11.5. The third-order valence-corrected chi connectivity index (χ3v) is 24.2. The number of carbonyl (C=O) groups excluding carboxylic acids is 3. The number of carbonyl (C=O) groups is 3. The van der Waals surface area contributed by atoms with Crippen LogP contribution in [0.3, 0.4) is 0 Å².